The van der Waals surface area contributed by atoms with Crippen LogP contribution in [0.15, 0.2) is 18.2 Å². The standard InChI is InChI=1S/C19H16N2O6S/c1-2-27-19(24)15-12-5-3-4-6-14(12)28-18(15)20-16(22)11-8-7-10(21(25)26)9-13(11)17(20)23/h7-9H,2-6H2,1H3. The molecular weight excluding hydrogens is 384 g/mol. The summed E-state index contributed by atoms with van der Waals surface area (Å²) in [6, 6.07) is 3.58. The first-order chi connectivity index (χ1) is 13.4. The molecule has 0 atom stereocenters. The Morgan fingerprint density at radius 3 is 2.64 bits per heavy atom. The van der Waals surface area contributed by atoms with E-state index >= 15 is 0 Å². The van der Waals surface area contributed by atoms with Gasteiger partial charge in [0.25, 0.3) is 17.5 Å². The van der Waals surface area contributed by atoms with Gasteiger partial charge in [0.05, 0.1) is 28.2 Å². The minimum atomic E-state index is -0.659. The SMILES string of the molecule is CCOC(=O)c1c(N2C(=O)c3ccc([N+](=O)[O-])cc3C2=O)sc2c1CCCC2. The molecule has 0 spiro atoms. The normalized spacial score (nSPS) is 15.4. The summed E-state index contributed by atoms with van der Waals surface area (Å²) in [5, 5.41) is 11.3. The van der Waals surface area contributed by atoms with Crippen LogP contribution >= 0.6 is 11.3 Å². The summed E-state index contributed by atoms with van der Waals surface area (Å²) in [6.07, 6.45) is 3.36. The second-order valence-corrected chi connectivity index (χ2v) is 7.63. The number of amides is 2. The number of esters is 1. The van der Waals surface area contributed by atoms with Crippen LogP contribution in [0.2, 0.25) is 0 Å². The molecule has 2 heterocycles. The van der Waals surface area contributed by atoms with Crippen LogP contribution in [-0.2, 0) is 17.6 Å². The second kappa shape index (κ2) is 6.83. The Hall–Kier alpha value is -3.07. The van der Waals surface area contributed by atoms with Crippen LogP contribution in [0, 0.1) is 10.1 Å². The highest BCUT2D eigenvalue weighted by atomic mass is 32.1. The fraction of sp³-hybridized carbons (Fsp3) is 0.316. The van der Waals surface area contributed by atoms with E-state index in [4.69, 9.17) is 4.74 Å². The Kier molecular flexibility index (Phi) is 4.46. The first-order valence-corrected chi connectivity index (χ1v) is 9.74. The van der Waals surface area contributed by atoms with E-state index in [0.29, 0.717) is 6.42 Å². The topological polar surface area (TPSA) is 107 Å². The van der Waals surface area contributed by atoms with Gasteiger partial charge in [0.2, 0.25) is 0 Å². The van der Waals surface area contributed by atoms with Gasteiger partial charge < -0.3 is 4.74 Å². The first kappa shape index (κ1) is 18.3. The molecule has 0 fully saturated rings. The van der Waals surface area contributed by atoms with Gasteiger partial charge in [-0.1, -0.05) is 0 Å². The molecule has 2 amide bonds. The van der Waals surface area contributed by atoms with Crippen LogP contribution < -0.4 is 4.90 Å². The van der Waals surface area contributed by atoms with Crippen molar-refractivity contribution in [2.24, 2.45) is 0 Å². The summed E-state index contributed by atoms with van der Waals surface area (Å²) < 4.78 is 5.18. The highest BCUT2D eigenvalue weighted by Gasteiger charge is 2.42. The number of nitro groups is 1. The van der Waals surface area contributed by atoms with Gasteiger partial charge in [-0.15, -0.1) is 11.3 Å². The van der Waals surface area contributed by atoms with Crippen molar-refractivity contribution in [3.8, 4) is 0 Å². The van der Waals surface area contributed by atoms with E-state index in [1.807, 2.05) is 0 Å². The molecule has 28 heavy (non-hydrogen) atoms. The zero-order chi connectivity index (χ0) is 20.0. The molecule has 8 nitrogen and oxygen atoms in total. The molecule has 0 N–H and O–H groups in total. The maximum absolute atomic E-state index is 13.0. The maximum atomic E-state index is 13.0. The highest BCUT2D eigenvalue weighted by molar-refractivity contribution is 7.17. The molecule has 1 aliphatic heterocycles. The summed E-state index contributed by atoms with van der Waals surface area (Å²) >= 11 is 1.25. The van der Waals surface area contributed by atoms with Gasteiger partial charge in [-0.3, -0.25) is 19.7 Å². The molecule has 0 radical (unpaired) electrons. The van der Waals surface area contributed by atoms with Crippen LogP contribution in [0.4, 0.5) is 10.7 Å². The first-order valence-electron chi connectivity index (χ1n) is 8.93. The number of aryl methyl sites for hydroxylation is 1. The molecule has 2 aliphatic rings. The average Bonchev–Trinajstić information content (AvgIpc) is 3.17. The van der Waals surface area contributed by atoms with Crippen molar-refractivity contribution in [3.05, 3.63) is 55.4 Å². The lowest BCUT2D eigenvalue weighted by molar-refractivity contribution is -0.384. The second-order valence-electron chi connectivity index (χ2n) is 6.54. The van der Waals surface area contributed by atoms with E-state index in [2.05, 4.69) is 0 Å². The van der Waals surface area contributed by atoms with Gasteiger partial charge in [-0.25, -0.2) is 9.69 Å². The fourth-order valence-corrected chi connectivity index (χ4v) is 5.02. The smallest absolute Gasteiger partial charge is 0.341 e. The number of hydrogen-bond acceptors (Lipinski definition) is 7. The maximum Gasteiger partial charge on any atom is 0.341 e. The molecule has 1 aromatic carbocycles. The largest absolute Gasteiger partial charge is 0.462 e. The third-order valence-corrected chi connectivity index (χ3v) is 6.19. The molecule has 0 unspecified atom stereocenters. The van der Waals surface area contributed by atoms with Gasteiger partial charge in [-0.2, -0.15) is 0 Å². The molecule has 1 aromatic heterocycles. The number of benzene rings is 1. The number of hydrogen-bond donors (Lipinski definition) is 0. The predicted octanol–water partition coefficient (Wildman–Crippen LogP) is 3.51. The van der Waals surface area contributed by atoms with Crippen LogP contribution in [0.25, 0.3) is 0 Å². The van der Waals surface area contributed by atoms with E-state index in [1.54, 1.807) is 6.92 Å². The number of nitro benzene ring substituents is 1. The molecule has 144 valence electrons. The number of carbonyl (C=O) groups is 3. The van der Waals surface area contributed by atoms with E-state index < -0.39 is 22.7 Å². The number of non-ortho nitro benzene ring substituents is 1. The molecule has 2 aromatic rings. The van der Waals surface area contributed by atoms with Crippen LogP contribution in [-0.4, -0.2) is 29.3 Å². The molecule has 0 bridgehead atoms. The Labute approximate surface area is 163 Å². The van der Waals surface area contributed by atoms with Crippen molar-refractivity contribution in [2.75, 3.05) is 11.5 Å². The van der Waals surface area contributed by atoms with Crippen molar-refractivity contribution in [1.29, 1.82) is 0 Å². The van der Waals surface area contributed by atoms with Gasteiger partial charge in [0.15, 0.2) is 0 Å². The zero-order valence-electron chi connectivity index (χ0n) is 15.0. The van der Waals surface area contributed by atoms with Crippen LogP contribution in [0.3, 0.4) is 0 Å². The predicted molar refractivity (Wildman–Crippen MR) is 101 cm³/mol. The minimum Gasteiger partial charge on any atom is -0.462 e. The highest BCUT2D eigenvalue weighted by Crippen LogP contribution is 2.43. The van der Waals surface area contributed by atoms with Crippen LogP contribution in [0.1, 0.15) is 61.3 Å². The summed E-state index contributed by atoms with van der Waals surface area (Å²) in [4.78, 5) is 50.9. The lowest BCUT2D eigenvalue weighted by Gasteiger charge is -2.15. The average molecular weight is 400 g/mol. The molecule has 9 heteroatoms. The molecule has 4 rings (SSSR count). The number of imide groups is 1. The number of rotatable bonds is 4. The lowest BCUT2D eigenvalue weighted by atomic mass is 9.95. The molecule has 0 saturated carbocycles. The van der Waals surface area contributed by atoms with E-state index in [9.17, 15) is 24.5 Å². The molecule has 1 aliphatic carbocycles. The summed E-state index contributed by atoms with van der Waals surface area (Å²) in [6.45, 7) is 1.87. The Bertz CT molecular complexity index is 1040. The fourth-order valence-electron chi connectivity index (χ4n) is 3.65. The van der Waals surface area contributed by atoms with Gasteiger partial charge in [-0.05, 0) is 44.2 Å². The van der Waals surface area contributed by atoms with Crippen molar-refractivity contribution in [3.63, 3.8) is 0 Å². The monoisotopic (exact) mass is 400 g/mol. The van der Waals surface area contributed by atoms with Gasteiger partial charge in [0, 0.05) is 17.0 Å². The lowest BCUT2D eigenvalue weighted by Crippen LogP contribution is -2.30. The Balaban J connectivity index is 1.84. The summed E-state index contributed by atoms with van der Waals surface area (Å²) in [5.41, 5.74) is 0.910. The van der Waals surface area contributed by atoms with Crippen molar-refractivity contribution in [2.45, 2.75) is 32.6 Å². The molecular formula is C19H16N2O6S. The quantitative estimate of drug-likeness (QED) is 0.336. The van der Waals surface area contributed by atoms with Crippen molar-refractivity contribution < 1.29 is 24.0 Å². The van der Waals surface area contributed by atoms with Crippen molar-refractivity contribution in [1.82, 2.24) is 0 Å². The van der Waals surface area contributed by atoms with Crippen LogP contribution in [0.5, 0.6) is 0 Å². The number of carbonyl (C=O) groups excluding carboxylic acids is 3. The number of ether oxygens (including phenoxy) is 1. The number of thiophene rings is 1. The van der Waals surface area contributed by atoms with Gasteiger partial charge in [0.1, 0.15) is 5.00 Å². The van der Waals surface area contributed by atoms with E-state index in [0.717, 1.165) is 40.7 Å². The number of anilines is 1. The van der Waals surface area contributed by atoms with Crippen molar-refractivity contribution >= 4 is 39.8 Å². The third kappa shape index (κ3) is 2.70. The minimum absolute atomic E-state index is 0.0274. The summed E-state index contributed by atoms with van der Waals surface area (Å²) in [7, 11) is 0. The molecule has 0 saturated heterocycles. The Morgan fingerprint density at radius 1 is 1.21 bits per heavy atom. The third-order valence-electron chi connectivity index (χ3n) is 4.92. The Morgan fingerprint density at radius 2 is 1.93 bits per heavy atom. The number of fused-ring (bicyclic) bond motifs is 2. The van der Waals surface area contributed by atoms with E-state index in [-0.39, 0.29) is 34.0 Å². The summed E-state index contributed by atoms with van der Waals surface area (Å²) in [5.74, 6) is -1.80. The van der Waals surface area contributed by atoms with E-state index in [1.165, 1.54) is 23.5 Å². The number of nitrogens with zero attached hydrogens (tertiary/aromatic N) is 2. The zero-order valence-corrected chi connectivity index (χ0v) is 15.8. The van der Waals surface area contributed by atoms with Gasteiger partial charge >= 0.3 is 5.97 Å².